The van der Waals surface area contributed by atoms with E-state index in [1.54, 1.807) is 0 Å². The summed E-state index contributed by atoms with van der Waals surface area (Å²) >= 11 is 3.74. The molecule has 1 aliphatic carbocycles. The maximum atomic E-state index is 2.44. The minimum absolute atomic E-state index is 0.461. The number of thiophene rings is 2. The quantitative estimate of drug-likeness (QED) is 0.154. The van der Waals surface area contributed by atoms with Gasteiger partial charge in [-0.1, -0.05) is 176 Å². The first-order valence-corrected chi connectivity index (χ1v) is 23.5. The van der Waals surface area contributed by atoms with E-state index in [0.717, 1.165) is 17.1 Å². The first-order valence-electron chi connectivity index (χ1n) is 21.9. The first-order chi connectivity index (χ1) is 31.7. The monoisotopic (exact) mass is 849 g/mol. The van der Waals surface area contributed by atoms with Gasteiger partial charge in [-0.25, -0.2) is 0 Å². The van der Waals surface area contributed by atoms with Crippen molar-refractivity contribution in [2.75, 3.05) is 4.90 Å². The molecule has 0 saturated heterocycles. The molecule has 0 radical (unpaired) electrons. The summed E-state index contributed by atoms with van der Waals surface area (Å²) in [6.07, 6.45) is 0. The number of anilines is 3. The molecule has 3 heteroatoms. The van der Waals surface area contributed by atoms with E-state index >= 15 is 0 Å². The molecule has 64 heavy (non-hydrogen) atoms. The Hall–Kier alpha value is -7.56. The average Bonchev–Trinajstić information content (AvgIpc) is 4.03. The fourth-order valence-electron chi connectivity index (χ4n) is 10.5. The Morgan fingerprint density at radius 3 is 1.62 bits per heavy atom. The van der Waals surface area contributed by atoms with Crippen molar-refractivity contribution < 1.29 is 0 Å². The predicted octanol–water partition coefficient (Wildman–Crippen LogP) is 17.6. The largest absolute Gasteiger partial charge is 0.310 e. The highest BCUT2D eigenvalue weighted by atomic mass is 32.1. The Morgan fingerprint density at radius 1 is 0.297 bits per heavy atom. The van der Waals surface area contributed by atoms with Crippen molar-refractivity contribution in [2.45, 2.75) is 5.41 Å². The number of nitrogens with zero attached hydrogens (tertiary/aromatic N) is 1. The lowest BCUT2D eigenvalue weighted by molar-refractivity contribution is 0.768. The molecule has 13 rings (SSSR count). The highest BCUT2D eigenvalue weighted by Gasteiger charge is 2.46. The van der Waals surface area contributed by atoms with Gasteiger partial charge in [0, 0.05) is 57.4 Å². The molecule has 12 aromatic rings. The molecule has 0 atom stereocenters. The molecule has 0 amide bonds. The van der Waals surface area contributed by atoms with Crippen LogP contribution in [-0.2, 0) is 5.41 Å². The molecule has 2 aromatic heterocycles. The van der Waals surface area contributed by atoms with Crippen LogP contribution in [0.2, 0.25) is 0 Å². The van der Waals surface area contributed by atoms with Crippen LogP contribution in [0.3, 0.4) is 0 Å². The van der Waals surface area contributed by atoms with E-state index in [1.807, 2.05) is 22.7 Å². The van der Waals surface area contributed by atoms with E-state index in [1.165, 1.54) is 96.0 Å². The first kappa shape index (κ1) is 37.0. The van der Waals surface area contributed by atoms with Crippen LogP contribution in [0, 0.1) is 0 Å². The van der Waals surface area contributed by atoms with Gasteiger partial charge < -0.3 is 4.90 Å². The number of hydrogen-bond donors (Lipinski definition) is 0. The highest BCUT2D eigenvalue weighted by Crippen LogP contribution is 2.57. The molecule has 2 heterocycles. The van der Waals surface area contributed by atoms with Gasteiger partial charge in [0.05, 0.1) is 5.41 Å². The second-order valence-electron chi connectivity index (χ2n) is 16.8. The second kappa shape index (κ2) is 14.8. The van der Waals surface area contributed by atoms with Gasteiger partial charge in [0.25, 0.3) is 0 Å². The molecule has 0 spiro atoms. The Bertz CT molecular complexity index is 3690. The second-order valence-corrected chi connectivity index (χ2v) is 18.9. The summed E-state index contributed by atoms with van der Waals surface area (Å²) in [6.45, 7) is 0. The van der Waals surface area contributed by atoms with E-state index in [9.17, 15) is 0 Å². The van der Waals surface area contributed by atoms with Gasteiger partial charge in [0.2, 0.25) is 0 Å². The van der Waals surface area contributed by atoms with Crippen LogP contribution in [0.15, 0.2) is 237 Å². The topological polar surface area (TPSA) is 3.24 Å². The molecule has 0 fully saturated rings. The summed E-state index contributed by atoms with van der Waals surface area (Å²) in [5.41, 5.74) is 15.4. The minimum atomic E-state index is -0.461. The van der Waals surface area contributed by atoms with Crippen molar-refractivity contribution in [1.82, 2.24) is 0 Å². The van der Waals surface area contributed by atoms with E-state index in [2.05, 4.69) is 241 Å². The smallest absolute Gasteiger partial charge is 0.0713 e. The Morgan fingerprint density at radius 2 is 0.844 bits per heavy atom. The third kappa shape index (κ3) is 5.68. The third-order valence-corrected chi connectivity index (χ3v) is 15.7. The van der Waals surface area contributed by atoms with Gasteiger partial charge in [0.1, 0.15) is 0 Å². The van der Waals surface area contributed by atoms with E-state index in [0.29, 0.717) is 0 Å². The number of fused-ring (bicyclic) bond motifs is 9. The van der Waals surface area contributed by atoms with Gasteiger partial charge in [-0.3, -0.25) is 0 Å². The fraction of sp³-hybridized carbons (Fsp3) is 0.0164. The lowest BCUT2D eigenvalue weighted by Crippen LogP contribution is -2.28. The molecule has 10 aromatic carbocycles. The SMILES string of the molecule is c1ccc(C2(c3ccccc3)c3ccccc3-c3cc(N(c4ccc(-c5cccc6c5sc5ccccc56)cc4)c4cccc(-c5ccc6sc7ccccc7c6c5)c4)ccc32)cc1. The average molecular weight is 850 g/mol. The summed E-state index contributed by atoms with van der Waals surface area (Å²) in [5.74, 6) is 0. The van der Waals surface area contributed by atoms with Crippen LogP contribution in [0.4, 0.5) is 17.1 Å². The predicted molar refractivity (Wildman–Crippen MR) is 275 cm³/mol. The van der Waals surface area contributed by atoms with Crippen LogP contribution < -0.4 is 4.90 Å². The standard InChI is InChI=1S/C61H39NS2/c1-3-16-43(17-4-1)61(44-18-5-2-6-19-44)55-26-10-7-21-49(55)53-39-47(34-35-56(53)61)62(45-32-29-40(30-33-45)48-24-14-25-52-50-22-8-12-28-58(50)64-60(48)52)46-20-13-15-41(37-46)42-31-36-59-54(38-42)51-23-9-11-27-57(51)63-59/h1-39H. The van der Waals surface area contributed by atoms with Crippen molar-refractivity contribution in [3.63, 3.8) is 0 Å². The van der Waals surface area contributed by atoms with Crippen molar-refractivity contribution in [1.29, 1.82) is 0 Å². The molecule has 1 nitrogen and oxygen atoms in total. The van der Waals surface area contributed by atoms with Crippen LogP contribution in [0.1, 0.15) is 22.3 Å². The molecular weight excluding hydrogens is 811 g/mol. The zero-order valence-corrected chi connectivity index (χ0v) is 36.4. The van der Waals surface area contributed by atoms with E-state index in [-0.39, 0.29) is 0 Å². The van der Waals surface area contributed by atoms with Gasteiger partial charge in [0.15, 0.2) is 0 Å². The molecular formula is C61H39NS2. The minimum Gasteiger partial charge on any atom is -0.310 e. The summed E-state index contributed by atoms with van der Waals surface area (Å²) in [5, 5.41) is 5.26. The summed E-state index contributed by atoms with van der Waals surface area (Å²) in [7, 11) is 0. The van der Waals surface area contributed by atoms with Crippen LogP contribution in [0.5, 0.6) is 0 Å². The Labute approximate surface area is 380 Å². The maximum Gasteiger partial charge on any atom is 0.0713 e. The van der Waals surface area contributed by atoms with Gasteiger partial charge in [-0.05, 0) is 116 Å². The van der Waals surface area contributed by atoms with Crippen molar-refractivity contribution in [3.05, 3.63) is 259 Å². The lowest BCUT2D eigenvalue weighted by Gasteiger charge is -2.34. The van der Waals surface area contributed by atoms with Crippen LogP contribution in [-0.4, -0.2) is 0 Å². The normalized spacial score (nSPS) is 12.8. The van der Waals surface area contributed by atoms with Gasteiger partial charge in [-0.15, -0.1) is 22.7 Å². The summed E-state index contributed by atoms with van der Waals surface area (Å²) in [6, 6.07) is 87.8. The summed E-state index contributed by atoms with van der Waals surface area (Å²) in [4.78, 5) is 2.44. The number of rotatable bonds is 7. The van der Waals surface area contributed by atoms with E-state index < -0.39 is 5.41 Å². The van der Waals surface area contributed by atoms with Crippen molar-refractivity contribution in [2.24, 2.45) is 0 Å². The molecule has 0 aliphatic heterocycles. The molecule has 1 aliphatic rings. The van der Waals surface area contributed by atoms with Crippen molar-refractivity contribution in [3.8, 4) is 33.4 Å². The molecule has 0 saturated carbocycles. The molecule has 0 unspecified atom stereocenters. The molecule has 300 valence electrons. The Kier molecular flexibility index (Phi) is 8.55. The summed E-state index contributed by atoms with van der Waals surface area (Å²) < 4.78 is 5.28. The maximum absolute atomic E-state index is 2.44. The highest BCUT2D eigenvalue weighted by molar-refractivity contribution is 7.26. The van der Waals surface area contributed by atoms with Gasteiger partial charge in [-0.2, -0.15) is 0 Å². The zero-order valence-electron chi connectivity index (χ0n) is 34.8. The molecule has 0 bridgehead atoms. The van der Waals surface area contributed by atoms with Crippen LogP contribution in [0.25, 0.3) is 73.7 Å². The fourth-order valence-corrected chi connectivity index (χ4v) is 12.8. The Balaban J connectivity index is 0.995. The third-order valence-electron chi connectivity index (χ3n) is 13.4. The number of benzene rings is 10. The molecule has 0 N–H and O–H groups in total. The van der Waals surface area contributed by atoms with Crippen molar-refractivity contribution >= 4 is 80.1 Å². The number of hydrogen-bond acceptors (Lipinski definition) is 3. The van der Waals surface area contributed by atoms with E-state index in [4.69, 9.17) is 0 Å². The zero-order chi connectivity index (χ0) is 42.2. The lowest BCUT2D eigenvalue weighted by atomic mass is 9.68. The van der Waals surface area contributed by atoms with Crippen LogP contribution >= 0.6 is 22.7 Å². The van der Waals surface area contributed by atoms with Gasteiger partial charge >= 0.3 is 0 Å².